The monoisotopic (exact) mass is 312 g/mol. The largest absolute Gasteiger partial charge is 0.480 e. The molecule has 1 N–H and O–H groups in total. The van der Waals surface area contributed by atoms with Gasteiger partial charge in [0.05, 0.1) is 11.6 Å². The average Bonchev–Trinajstić information content (AvgIpc) is 2.44. The molecule has 0 fully saturated rings. The van der Waals surface area contributed by atoms with E-state index in [0.717, 1.165) is 18.9 Å². The second-order valence-corrected chi connectivity index (χ2v) is 4.63. The third kappa shape index (κ3) is 6.81. The molecule has 0 spiro atoms. The first-order chi connectivity index (χ1) is 10.0. The van der Waals surface area contributed by atoms with Crippen LogP contribution in [0.25, 0.3) is 6.08 Å². The molecule has 0 aliphatic rings. The van der Waals surface area contributed by atoms with Crippen molar-refractivity contribution < 1.29 is 24.2 Å². The number of halogens is 1. The number of hydrogen-bond donors (Lipinski definition) is 1. The quantitative estimate of drug-likeness (QED) is 0.453. The normalized spacial score (nSPS) is 10.6. The first kappa shape index (κ1) is 17.0. The maximum atomic E-state index is 11.4. The van der Waals surface area contributed by atoms with Crippen molar-refractivity contribution >= 4 is 29.6 Å². The summed E-state index contributed by atoms with van der Waals surface area (Å²) in [6.07, 6.45) is 4.19. The van der Waals surface area contributed by atoms with Crippen LogP contribution in [0.3, 0.4) is 0 Å². The van der Waals surface area contributed by atoms with Gasteiger partial charge in [-0.05, 0) is 30.2 Å². The number of carboxylic acids is 1. The molecule has 0 unspecified atom stereocenters. The van der Waals surface area contributed by atoms with Crippen molar-refractivity contribution in [1.29, 1.82) is 0 Å². The SMILES string of the molecule is CCCCOC(=O)COc1ccc(C=CC(=O)O)cc1Cl. The third-order valence-corrected chi connectivity index (χ3v) is 2.78. The van der Waals surface area contributed by atoms with E-state index in [4.69, 9.17) is 26.2 Å². The van der Waals surface area contributed by atoms with Crippen molar-refractivity contribution in [1.82, 2.24) is 0 Å². The molecule has 1 aromatic rings. The Bertz CT molecular complexity index is 525. The van der Waals surface area contributed by atoms with Crippen molar-refractivity contribution in [3.63, 3.8) is 0 Å². The van der Waals surface area contributed by atoms with Gasteiger partial charge in [-0.25, -0.2) is 9.59 Å². The maximum Gasteiger partial charge on any atom is 0.344 e. The van der Waals surface area contributed by atoms with Crippen LogP contribution in [-0.4, -0.2) is 30.3 Å². The van der Waals surface area contributed by atoms with Crippen molar-refractivity contribution in [2.24, 2.45) is 0 Å². The number of carbonyl (C=O) groups is 2. The zero-order valence-corrected chi connectivity index (χ0v) is 12.4. The van der Waals surface area contributed by atoms with Crippen LogP contribution in [0.1, 0.15) is 25.3 Å². The highest BCUT2D eigenvalue weighted by atomic mass is 35.5. The van der Waals surface area contributed by atoms with Gasteiger partial charge in [0.1, 0.15) is 5.75 Å². The minimum Gasteiger partial charge on any atom is -0.480 e. The molecule has 0 bridgehead atoms. The Morgan fingerprint density at radius 2 is 2.14 bits per heavy atom. The molecule has 1 aromatic carbocycles. The third-order valence-electron chi connectivity index (χ3n) is 2.48. The first-order valence-electron chi connectivity index (χ1n) is 6.52. The van der Waals surface area contributed by atoms with Gasteiger partial charge < -0.3 is 14.6 Å². The highest BCUT2D eigenvalue weighted by Crippen LogP contribution is 2.26. The van der Waals surface area contributed by atoms with E-state index in [9.17, 15) is 9.59 Å². The van der Waals surface area contributed by atoms with Crippen LogP contribution in [0.15, 0.2) is 24.3 Å². The number of unbranched alkanes of at least 4 members (excludes halogenated alkanes) is 1. The van der Waals surface area contributed by atoms with Crippen LogP contribution in [-0.2, 0) is 14.3 Å². The molecule has 21 heavy (non-hydrogen) atoms. The van der Waals surface area contributed by atoms with E-state index in [1.807, 2.05) is 6.92 Å². The van der Waals surface area contributed by atoms with E-state index in [1.165, 1.54) is 6.08 Å². The van der Waals surface area contributed by atoms with Gasteiger partial charge in [-0.1, -0.05) is 31.0 Å². The minimum absolute atomic E-state index is 0.215. The van der Waals surface area contributed by atoms with Gasteiger partial charge in [0.2, 0.25) is 0 Å². The van der Waals surface area contributed by atoms with Crippen LogP contribution in [0, 0.1) is 0 Å². The second kappa shape index (κ2) is 9.02. The summed E-state index contributed by atoms with van der Waals surface area (Å²) in [4.78, 5) is 21.8. The van der Waals surface area contributed by atoms with Gasteiger partial charge in [-0.15, -0.1) is 0 Å². The van der Waals surface area contributed by atoms with E-state index in [1.54, 1.807) is 18.2 Å². The number of hydrogen-bond acceptors (Lipinski definition) is 4. The van der Waals surface area contributed by atoms with E-state index in [0.29, 0.717) is 22.9 Å². The molecule has 6 heteroatoms. The Labute approximate surface area is 128 Å². The smallest absolute Gasteiger partial charge is 0.344 e. The predicted molar refractivity (Wildman–Crippen MR) is 79.5 cm³/mol. The standard InChI is InChI=1S/C15H17ClO5/c1-2-3-8-20-15(19)10-21-13-6-4-11(9-12(13)16)5-7-14(17)18/h4-7,9H,2-3,8,10H2,1H3,(H,17,18). The fourth-order valence-electron chi connectivity index (χ4n) is 1.41. The van der Waals surface area contributed by atoms with Crippen LogP contribution in [0.2, 0.25) is 5.02 Å². The molecule has 1 rings (SSSR count). The van der Waals surface area contributed by atoms with Gasteiger partial charge in [0, 0.05) is 6.08 Å². The Morgan fingerprint density at radius 3 is 2.76 bits per heavy atom. The van der Waals surface area contributed by atoms with Gasteiger partial charge in [0.25, 0.3) is 0 Å². The molecule has 0 saturated heterocycles. The Hall–Kier alpha value is -2.01. The maximum absolute atomic E-state index is 11.4. The summed E-state index contributed by atoms with van der Waals surface area (Å²) < 4.78 is 10.2. The number of carbonyl (C=O) groups excluding carboxylic acids is 1. The lowest BCUT2D eigenvalue weighted by Crippen LogP contribution is -2.15. The topological polar surface area (TPSA) is 72.8 Å². The molecule has 114 valence electrons. The lowest BCUT2D eigenvalue weighted by Gasteiger charge is -2.08. The molecule has 0 amide bonds. The molecule has 0 radical (unpaired) electrons. The highest BCUT2D eigenvalue weighted by molar-refractivity contribution is 6.32. The summed E-state index contributed by atoms with van der Waals surface area (Å²) in [7, 11) is 0. The number of rotatable bonds is 8. The number of esters is 1. The van der Waals surface area contributed by atoms with E-state index in [2.05, 4.69) is 0 Å². The van der Waals surface area contributed by atoms with Gasteiger partial charge >= 0.3 is 11.9 Å². The minimum atomic E-state index is -1.04. The fraction of sp³-hybridized carbons (Fsp3) is 0.333. The lowest BCUT2D eigenvalue weighted by molar-refractivity contribution is -0.146. The molecule has 5 nitrogen and oxygen atoms in total. The van der Waals surface area contributed by atoms with Crippen LogP contribution >= 0.6 is 11.6 Å². The molecular weight excluding hydrogens is 296 g/mol. The van der Waals surface area contributed by atoms with Crippen molar-refractivity contribution in [3.05, 3.63) is 34.9 Å². The first-order valence-corrected chi connectivity index (χ1v) is 6.89. The second-order valence-electron chi connectivity index (χ2n) is 4.22. The summed E-state index contributed by atoms with van der Waals surface area (Å²) in [5.74, 6) is -1.15. The van der Waals surface area contributed by atoms with Crippen LogP contribution in [0.5, 0.6) is 5.75 Å². The Balaban J connectivity index is 2.53. The predicted octanol–water partition coefficient (Wildman–Crippen LogP) is 3.16. The summed E-state index contributed by atoms with van der Waals surface area (Å²) in [6.45, 7) is 2.17. The highest BCUT2D eigenvalue weighted by Gasteiger charge is 2.07. The zero-order chi connectivity index (χ0) is 15.7. The van der Waals surface area contributed by atoms with Gasteiger partial charge in [0.15, 0.2) is 6.61 Å². The summed E-state index contributed by atoms with van der Waals surface area (Å²) in [5, 5.41) is 8.83. The lowest BCUT2D eigenvalue weighted by atomic mass is 10.2. The van der Waals surface area contributed by atoms with Gasteiger partial charge in [-0.3, -0.25) is 0 Å². The molecule has 0 atom stereocenters. The number of ether oxygens (including phenoxy) is 2. The fourth-order valence-corrected chi connectivity index (χ4v) is 1.66. The molecule has 0 aromatic heterocycles. The van der Waals surface area contributed by atoms with Crippen molar-refractivity contribution in [2.75, 3.05) is 13.2 Å². The zero-order valence-electron chi connectivity index (χ0n) is 11.7. The summed E-state index contributed by atoms with van der Waals surface area (Å²) in [6, 6.07) is 4.77. The van der Waals surface area contributed by atoms with E-state index >= 15 is 0 Å². The molecule has 0 aliphatic carbocycles. The van der Waals surface area contributed by atoms with Gasteiger partial charge in [-0.2, -0.15) is 0 Å². The number of aliphatic carboxylic acids is 1. The number of benzene rings is 1. The molecule has 0 aliphatic heterocycles. The van der Waals surface area contributed by atoms with Crippen molar-refractivity contribution in [3.8, 4) is 5.75 Å². The van der Waals surface area contributed by atoms with E-state index in [-0.39, 0.29) is 6.61 Å². The van der Waals surface area contributed by atoms with E-state index < -0.39 is 11.9 Å². The average molecular weight is 313 g/mol. The van der Waals surface area contributed by atoms with Crippen molar-refractivity contribution in [2.45, 2.75) is 19.8 Å². The van der Waals surface area contributed by atoms with Crippen LogP contribution < -0.4 is 4.74 Å². The number of carboxylic acid groups (broad SMARTS) is 1. The molecular formula is C15H17ClO5. The summed E-state index contributed by atoms with van der Waals surface area (Å²) >= 11 is 6.00. The molecule has 0 heterocycles. The molecule has 0 saturated carbocycles. The summed E-state index contributed by atoms with van der Waals surface area (Å²) in [5.41, 5.74) is 0.625. The Morgan fingerprint density at radius 1 is 1.38 bits per heavy atom. The Kier molecular flexibility index (Phi) is 7.32. The van der Waals surface area contributed by atoms with Crippen LogP contribution in [0.4, 0.5) is 0 Å².